The molecule has 0 amide bonds. The van der Waals surface area contributed by atoms with Gasteiger partial charge in [-0.15, -0.1) is 0 Å². The van der Waals surface area contributed by atoms with Crippen LogP contribution in [-0.2, 0) is 14.3 Å². The summed E-state index contributed by atoms with van der Waals surface area (Å²) >= 11 is 0. The minimum Gasteiger partial charge on any atom is -0.462 e. The average molecular weight is 415 g/mol. The number of allylic oxidation sites excluding steroid dienone is 1. The second-order valence-electron chi connectivity index (χ2n) is 10.4. The zero-order valence-corrected chi connectivity index (χ0v) is 18.4. The van der Waals surface area contributed by atoms with E-state index < -0.39 is 23.4 Å². The molecule has 0 bridgehead atoms. The Hall–Kier alpha value is -1.72. The van der Waals surface area contributed by atoms with E-state index in [4.69, 9.17) is 4.74 Å². The van der Waals surface area contributed by atoms with Crippen molar-refractivity contribution in [3.63, 3.8) is 0 Å². The molecule has 5 nitrogen and oxygen atoms in total. The predicted molar refractivity (Wildman–Crippen MR) is 113 cm³/mol. The van der Waals surface area contributed by atoms with E-state index in [-0.39, 0.29) is 29.3 Å². The quantitative estimate of drug-likeness (QED) is 0.545. The third-order valence-electron chi connectivity index (χ3n) is 9.13. The number of Topliss-reactive ketones (excluding diaryl/α,β-unsaturated/α-hetero) is 1. The van der Waals surface area contributed by atoms with Crippen molar-refractivity contribution < 1.29 is 24.5 Å². The van der Waals surface area contributed by atoms with Gasteiger partial charge in [-0.3, -0.25) is 9.59 Å². The summed E-state index contributed by atoms with van der Waals surface area (Å²) in [5.74, 6) is -0.139. The fraction of sp³-hybridized carbons (Fsp3) is 0.680. The Labute approximate surface area is 178 Å². The minimum atomic E-state index is -1.74. The lowest BCUT2D eigenvalue weighted by Gasteiger charge is -2.58. The van der Waals surface area contributed by atoms with Gasteiger partial charge in [0.25, 0.3) is 0 Å². The van der Waals surface area contributed by atoms with Crippen molar-refractivity contribution in [1.82, 2.24) is 0 Å². The van der Waals surface area contributed by atoms with E-state index >= 15 is 0 Å². The topological polar surface area (TPSA) is 83.8 Å². The van der Waals surface area contributed by atoms with Crippen LogP contribution in [0.1, 0.15) is 59.3 Å². The van der Waals surface area contributed by atoms with Crippen molar-refractivity contribution in [1.29, 1.82) is 0 Å². The van der Waals surface area contributed by atoms with Crippen LogP contribution in [0.2, 0.25) is 0 Å². The normalized spacial score (nSPS) is 45.2. The van der Waals surface area contributed by atoms with Crippen LogP contribution in [0.3, 0.4) is 0 Å². The third-order valence-corrected chi connectivity index (χ3v) is 9.13. The molecule has 0 saturated heterocycles. The third kappa shape index (κ3) is 2.61. The van der Waals surface area contributed by atoms with E-state index in [1.54, 1.807) is 0 Å². The highest BCUT2D eigenvalue weighted by Crippen LogP contribution is 2.69. The predicted octanol–water partition coefficient (Wildman–Crippen LogP) is 3.51. The van der Waals surface area contributed by atoms with E-state index in [0.29, 0.717) is 17.9 Å². The van der Waals surface area contributed by atoms with Gasteiger partial charge in [-0.1, -0.05) is 38.7 Å². The molecule has 164 valence electrons. The first-order chi connectivity index (χ1) is 14.0. The molecule has 0 heterocycles. The number of fused-ring (bicyclic) bond motifs is 5. The number of ketones is 1. The van der Waals surface area contributed by atoms with Crippen LogP contribution < -0.4 is 0 Å². The number of aliphatic hydroxyl groups is 2. The zero-order valence-electron chi connectivity index (χ0n) is 18.4. The Kier molecular flexibility index (Phi) is 4.94. The fourth-order valence-electron chi connectivity index (χ4n) is 7.59. The number of carbonyl (C=O) groups is 2. The average Bonchev–Trinajstić information content (AvgIpc) is 2.85. The molecular formula is C25H34O5. The van der Waals surface area contributed by atoms with Gasteiger partial charge in [0.1, 0.15) is 12.7 Å². The van der Waals surface area contributed by atoms with Gasteiger partial charge in [0.05, 0.1) is 0 Å². The number of ether oxygens (including phenoxy) is 1. The van der Waals surface area contributed by atoms with Gasteiger partial charge in [0, 0.05) is 18.8 Å². The molecule has 2 N–H and O–H groups in total. The van der Waals surface area contributed by atoms with Gasteiger partial charge in [-0.05, 0) is 66.4 Å². The molecule has 4 aliphatic rings. The lowest BCUT2D eigenvalue weighted by Crippen LogP contribution is -2.58. The van der Waals surface area contributed by atoms with Crippen molar-refractivity contribution in [3.05, 3.63) is 36.0 Å². The SMILES string of the molecule is C=C1C(=C)[C@](O)(C(=O)CO)[C@@]2(C)CC[C@H]3[C@@H](CC=C4CC(OC(C)=O)CC[C@@]43C)[C@H]12. The summed E-state index contributed by atoms with van der Waals surface area (Å²) in [5, 5.41) is 21.1. The molecular weight excluding hydrogens is 380 g/mol. The molecule has 0 aromatic heterocycles. The van der Waals surface area contributed by atoms with Gasteiger partial charge < -0.3 is 14.9 Å². The summed E-state index contributed by atoms with van der Waals surface area (Å²) in [6, 6.07) is 0. The summed E-state index contributed by atoms with van der Waals surface area (Å²) < 4.78 is 5.50. The highest BCUT2D eigenvalue weighted by Gasteiger charge is 2.68. The van der Waals surface area contributed by atoms with Gasteiger partial charge in [-0.25, -0.2) is 0 Å². The van der Waals surface area contributed by atoms with Crippen LogP contribution in [0.4, 0.5) is 0 Å². The number of hydrogen-bond donors (Lipinski definition) is 2. The molecule has 4 aliphatic carbocycles. The number of aliphatic hydroxyl groups excluding tert-OH is 1. The Balaban J connectivity index is 1.69. The van der Waals surface area contributed by atoms with E-state index in [9.17, 15) is 19.8 Å². The van der Waals surface area contributed by atoms with Crippen molar-refractivity contribution >= 4 is 11.8 Å². The summed E-state index contributed by atoms with van der Waals surface area (Å²) in [7, 11) is 0. The van der Waals surface area contributed by atoms with Crippen molar-refractivity contribution in [2.45, 2.75) is 71.0 Å². The van der Waals surface area contributed by atoms with E-state index in [0.717, 1.165) is 37.7 Å². The largest absolute Gasteiger partial charge is 0.462 e. The molecule has 0 aromatic rings. The Morgan fingerprint density at radius 3 is 2.57 bits per heavy atom. The molecule has 3 saturated carbocycles. The van der Waals surface area contributed by atoms with Gasteiger partial charge in [0.2, 0.25) is 0 Å². The molecule has 4 rings (SSSR count). The smallest absolute Gasteiger partial charge is 0.302 e. The van der Waals surface area contributed by atoms with Crippen LogP contribution in [0.15, 0.2) is 36.0 Å². The minimum absolute atomic E-state index is 0.0319. The van der Waals surface area contributed by atoms with Crippen molar-refractivity contribution in [2.24, 2.45) is 28.6 Å². The second kappa shape index (κ2) is 6.89. The molecule has 0 spiro atoms. The van der Waals surface area contributed by atoms with Crippen molar-refractivity contribution in [3.8, 4) is 0 Å². The molecule has 0 radical (unpaired) electrons. The number of hydrogen-bond acceptors (Lipinski definition) is 5. The maximum Gasteiger partial charge on any atom is 0.302 e. The first kappa shape index (κ1) is 21.5. The summed E-state index contributed by atoms with van der Waals surface area (Å²) in [6.45, 7) is 13.4. The lowest BCUT2D eigenvalue weighted by molar-refractivity contribution is -0.158. The standard InChI is InChI=1S/C25H34O5/c1-14-15(2)25(29,21(28)13-26)24(5)11-9-20-19(22(14)24)7-6-17-12-18(30-16(3)27)8-10-23(17,20)4/h6,18-20,22,26,29H,1-2,7-13H2,3-5H3/t18?,19-,20+,22+,23+,24+,25+/m1/s1. The molecule has 0 aromatic carbocycles. The van der Waals surface area contributed by atoms with Crippen LogP contribution in [0.25, 0.3) is 0 Å². The van der Waals surface area contributed by atoms with Crippen LogP contribution in [0, 0.1) is 28.6 Å². The summed E-state index contributed by atoms with van der Waals surface area (Å²) in [5.41, 5.74) is 0.128. The molecule has 0 aliphatic heterocycles. The van der Waals surface area contributed by atoms with Crippen molar-refractivity contribution in [2.75, 3.05) is 6.61 Å². The number of carbonyl (C=O) groups excluding carboxylic acids is 2. The molecule has 5 heteroatoms. The molecule has 7 atom stereocenters. The van der Waals surface area contributed by atoms with E-state index in [1.807, 2.05) is 6.92 Å². The highest BCUT2D eigenvalue weighted by molar-refractivity contribution is 5.95. The van der Waals surface area contributed by atoms with Gasteiger partial charge in [0.15, 0.2) is 11.4 Å². The van der Waals surface area contributed by atoms with Crippen LogP contribution in [0.5, 0.6) is 0 Å². The molecule has 1 unspecified atom stereocenters. The zero-order chi connectivity index (χ0) is 22.1. The molecule has 30 heavy (non-hydrogen) atoms. The lowest BCUT2D eigenvalue weighted by atomic mass is 9.46. The number of rotatable bonds is 3. The first-order valence-corrected chi connectivity index (χ1v) is 11.1. The Morgan fingerprint density at radius 2 is 1.93 bits per heavy atom. The maximum absolute atomic E-state index is 12.7. The van der Waals surface area contributed by atoms with Gasteiger partial charge >= 0.3 is 5.97 Å². The van der Waals surface area contributed by atoms with Gasteiger partial charge in [-0.2, -0.15) is 0 Å². The fourth-order valence-corrected chi connectivity index (χ4v) is 7.59. The van der Waals surface area contributed by atoms with E-state index in [2.05, 4.69) is 26.2 Å². The monoisotopic (exact) mass is 414 g/mol. The Morgan fingerprint density at radius 1 is 1.23 bits per heavy atom. The number of esters is 1. The maximum atomic E-state index is 12.7. The summed E-state index contributed by atoms with van der Waals surface area (Å²) in [6.07, 6.45) is 7.35. The highest BCUT2D eigenvalue weighted by atomic mass is 16.5. The first-order valence-electron chi connectivity index (χ1n) is 11.1. The second-order valence-corrected chi connectivity index (χ2v) is 10.4. The molecule has 3 fully saturated rings. The van der Waals surface area contributed by atoms with Crippen LogP contribution in [-0.4, -0.2) is 40.3 Å². The summed E-state index contributed by atoms with van der Waals surface area (Å²) in [4.78, 5) is 24.1. The van der Waals surface area contributed by atoms with E-state index in [1.165, 1.54) is 12.5 Å². The Bertz CT molecular complexity index is 856. The van der Waals surface area contributed by atoms with Crippen LogP contribution >= 0.6 is 0 Å².